The fraction of sp³-hybridized carbons (Fsp3) is 0.467. The lowest BCUT2D eigenvalue weighted by molar-refractivity contribution is -0.126. The lowest BCUT2D eigenvalue weighted by Crippen LogP contribution is -2.45. The normalized spacial score (nSPS) is 12.4. The molecule has 9 heteroatoms. The van der Waals surface area contributed by atoms with Crippen LogP contribution in [-0.2, 0) is 9.59 Å². The van der Waals surface area contributed by atoms with E-state index in [1.807, 2.05) is 43.3 Å². The van der Waals surface area contributed by atoms with Gasteiger partial charge in [-0.3, -0.25) is 9.59 Å². The summed E-state index contributed by atoms with van der Waals surface area (Å²) < 4.78 is 5.22. The van der Waals surface area contributed by atoms with Crippen molar-refractivity contribution in [1.82, 2.24) is 10.2 Å². The van der Waals surface area contributed by atoms with E-state index in [1.54, 1.807) is 7.11 Å². The molecule has 2 unspecified atom stereocenters. The molecule has 138 valence electrons. The Morgan fingerprint density at radius 3 is 2.42 bits per heavy atom. The number of hydrogen-bond acceptors (Lipinski definition) is 5. The molecule has 1 aromatic rings. The fourth-order valence-corrected chi connectivity index (χ4v) is 2.09. The van der Waals surface area contributed by atoms with E-state index in [0.717, 1.165) is 11.3 Å². The molecule has 0 fully saturated rings. The minimum absolute atomic E-state index is 0. The van der Waals surface area contributed by atoms with E-state index in [9.17, 15) is 9.59 Å². The zero-order valence-corrected chi connectivity index (χ0v) is 15.7. The van der Waals surface area contributed by atoms with Crippen LogP contribution in [0.15, 0.2) is 24.3 Å². The van der Waals surface area contributed by atoms with Crippen molar-refractivity contribution in [2.45, 2.75) is 18.5 Å². The molecule has 0 aliphatic carbocycles. The number of methoxy groups -OCH3 is 1. The first kappa shape index (κ1) is 24.7. The Labute approximate surface area is 154 Å². The second kappa shape index (κ2) is 11.9. The quantitative estimate of drug-likeness (QED) is 0.606. The number of rotatable bonds is 8. The van der Waals surface area contributed by atoms with Gasteiger partial charge in [-0.25, -0.2) is 0 Å². The molecule has 0 aliphatic rings. The van der Waals surface area contributed by atoms with E-state index in [1.165, 1.54) is 0 Å². The lowest BCUT2D eigenvalue weighted by Gasteiger charge is -2.26. The number of benzene rings is 1. The van der Waals surface area contributed by atoms with E-state index < -0.39 is 17.9 Å². The van der Waals surface area contributed by atoms with Crippen LogP contribution >= 0.6 is 24.8 Å². The summed E-state index contributed by atoms with van der Waals surface area (Å²) in [5.41, 5.74) is 11.7. The standard InChI is InChI=1S/C15H24N4O3.2ClH/c1-19(2)13(10-5-4-6-11(7-10)22-3)9-18-15(21)12(16)8-14(17)20;;/h4-7,12-13H,8-9,16H2,1-3H3,(H2,17,20)(H,18,21);2*1H. The van der Waals surface area contributed by atoms with Crippen molar-refractivity contribution in [3.63, 3.8) is 0 Å². The van der Waals surface area contributed by atoms with Crippen molar-refractivity contribution in [1.29, 1.82) is 0 Å². The monoisotopic (exact) mass is 380 g/mol. The van der Waals surface area contributed by atoms with E-state index in [4.69, 9.17) is 16.2 Å². The van der Waals surface area contributed by atoms with Crippen LogP contribution in [0.4, 0.5) is 0 Å². The SMILES string of the molecule is COc1cccc(C(CNC(=O)C(N)CC(N)=O)N(C)C)c1.Cl.Cl. The molecule has 2 amide bonds. The summed E-state index contributed by atoms with van der Waals surface area (Å²) in [6.07, 6.45) is -0.169. The second-order valence-electron chi connectivity index (χ2n) is 5.28. The van der Waals surface area contributed by atoms with E-state index >= 15 is 0 Å². The van der Waals surface area contributed by atoms with Gasteiger partial charge in [0.05, 0.1) is 25.6 Å². The predicted octanol–water partition coefficient (Wildman–Crippen LogP) is 0.460. The summed E-state index contributed by atoms with van der Waals surface area (Å²) in [4.78, 5) is 24.6. The predicted molar refractivity (Wildman–Crippen MR) is 98.7 cm³/mol. The first-order valence-electron chi connectivity index (χ1n) is 6.97. The molecule has 0 spiro atoms. The molecule has 0 aliphatic heterocycles. The minimum Gasteiger partial charge on any atom is -0.497 e. The van der Waals surface area contributed by atoms with Crippen LogP contribution in [0, 0.1) is 0 Å². The molecule has 7 nitrogen and oxygen atoms in total. The van der Waals surface area contributed by atoms with Crippen LogP contribution in [0.3, 0.4) is 0 Å². The van der Waals surface area contributed by atoms with Crippen molar-refractivity contribution >= 4 is 36.6 Å². The van der Waals surface area contributed by atoms with E-state index in [0.29, 0.717) is 6.54 Å². The minimum atomic E-state index is -0.925. The number of primary amides is 1. The Morgan fingerprint density at radius 2 is 1.92 bits per heavy atom. The van der Waals surface area contributed by atoms with E-state index in [2.05, 4.69) is 5.32 Å². The molecule has 0 bridgehead atoms. The number of carbonyl (C=O) groups excluding carboxylic acids is 2. The topological polar surface area (TPSA) is 111 Å². The van der Waals surface area contributed by atoms with Gasteiger partial charge in [-0.2, -0.15) is 0 Å². The number of amides is 2. The number of carbonyl (C=O) groups is 2. The summed E-state index contributed by atoms with van der Waals surface area (Å²) >= 11 is 0. The van der Waals surface area contributed by atoms with Crippen molar-refractivity contribution in [2.24, 2.45) is 11.5 Å². The summed E-state index contributed by atoms with van der Waals surface area (Å²) in [5.74, 6) is -0.241. The van der Waals surface area contributed by atoms with Crippen LogP contribution in [0.2, 0.25) is 0 Å². The molecular formula is C15H26Cl2N4O3. The highest BCUT2D eigenvalue weighted by Crippen LogP contribution is 2.22. The first-order chi connectivity index (χ1) is 10.3. The summed E-state index contributed by atoms with van der Waals surface area (Å²) in [7, 11) is 5.44. The van der Waals surface area contributed by atoms with Gasteiger partial charge in [-0.1, -0.05) is 12.1 Å². The Balaban J connectivity index is 0. The fourth-order valence-electron chi connectivity index (χ4n) is 2.09. The van der Waals surface area contributed by atoms with Crippen LogP contribution in [-0.4, -0.2) is 50.5 Å². The summed E-state index contributed by atoms with van der Waals surface area (Å²) in [5, 5.41) is 2.75. The van der Waals surface area contributed by atoms with Gasteiger partial charge < -0.3 is 26.4 Å². The van der Waals surface area contributed by atoms with Crippen molar-refractivity contribution in [2.75, 3.05) is 27.7 Å². The number of likely N-dealkylation sites (N-methyl/N-ethyl adjacent to an activating group) is 1. The maximum absolute atomic E-state index is 11.9. The molecule has 0 saturated heterocycles. The number of nitrogens with zero attached hydrogens (tertiary/aromatic N) is 1. The maximum Gasteiger partial charge on any atom is 0.237 e. The zero-order chi connectivity index (χ0) is 16.7. The summed E-state index contributed by atoms with van der Waals surface area (Å²) in [6.45, 7) is 0.367. The molecule has 1 rings (SSSR count). The van der Waals surface area contributed by atoms with Crippen LogP contribution < -0.4 is 21.5 Å². The second-order valence-corrected chi connectivity index (χ2v) is 5.28. The van der Waals surface area contributed by atoms with Gasteiger partial charge >= 0.3 is 0 Å². The first-order valence-corrected chi connectivity index (χ1v) is 6.97. The van der Waals surface area contributed by atoms with Gasteiger partial charge in [0.15, 0.2) is 0 Å². The zero-order valence-electron chi connectivity index (χ0n) is 14.0. The molecule has 0 heterocycles. The molecule has 0 saturated carbocycles. The Hall–Kier alpha value is -1.54. The van der Waals surface area contributed by atoms with Crippen molar-refractivity contribution in [3.8, 4) is 5.75 Å². The average Bonchev–Trinajstić information content (AvgIpc) is 2.46. The third-order valence-electron chi connectivity index (χ3n) is 3.33. The van der Waals surface area contributed by atoms with Gasteiger partial charge in [0.25, 0.3) is 0 Å². The van der Waals surface area contributed by atoms with Crippen molar-refractivity contribution in [3.05, 3.63) is 29.8 Å². The lowest BCUT2D eigenvalue weighted by atomic mass is 10.1. The number of halogens is 2. The molecular weight excluding hydrogens is 355 g/mol. The molecule has 1 aromatic carbocycles. The average molecular weight is 381 g/mol. The van der Waals surface area contributed by atoms with E-state index in [-0.39, 0.29) is 37.3 Å². The van der Waals surface area contributed by atoms with Gasteiger partial charge in [0.2, 0.25) is 11.8 Å². The highest BCUT2D eigenvalue weighted by Gasteiger charge is 2.19. The molecule has 2 atom stereocenters. The Kier molecular flexibility index (Phi) is 12.3. The third kappa shape index (κ3) is 7.83. The van der Waals surface area contributed by atoms with Gasteiger partial charge in [0.1, 0.15) is 5.75 Å². The Morgan fingerprint density at radius 1 is 1.29 bits per heavy atom. The highest BCUT2D eigenvalue weighted by molar-refractivity contribution is 5.87. The molecule has 0 aromatic heterocycles. The maximum atomic E-state index is 11.9. The van der Waals surface area contributed by atoms with Crippen LogP contribution in [0.5, 0.6) is 5.75 Å². The number of ether oxygens (including phenoxy) is 1. The van der Waals surface area contributed by atoms with Crippen LogP contribution in [0.25, 0.3) is 0 Å². The smallest absolute Gasteiger partial charge is 0.237 e. The summed E-state index contributed by atoms with van der Waals surface area (Å²) in [6, 6.07) is 6.66. The molecule has 5 N–H and O–H groups in total. The van der Waals surface area contributed by atoms with Gasteiger partial charge in [-0.05, 0) is 31.8 Å². The highest BCUT2D eigenvalue weighted by atomic mass is 35.5. The van der Waals surface area contributed by atoms with Gasteiger partial charge in [0, 0.05) is 6.54 Å². The molecule has 24 heavy (non-hydrogen) atoms. The van der Waals surface area contributed by atoms with Gasteiger partial charge in [-0.15, -0.1) is 24.8 Å². The number of nitrogens with two attached hydrogens (primary N) is 2. The number of hydrogen-bond donors (Lipinski definition) is 3. The number of nitrogens with one attached hydrogen (secondary N) is 1. The third-order valence-corrected chi connectivity index (χ3v) is 3.33. The largest absolute Gasteiger partial charge is 0.497 e. The Bertz CT molecular complexity index is 529. The van der Waals surface area contributed by atoms with Crippen molar-refractivity contribution < 1.29 is 14.3 Å². The van der Waals surface area contributed by atoms with Crippen LogP contribution in [0.1, 0.15) is 18.0 Å². The molecule has 0 radical (unpaired) electrons.